The van der Waals surface area contributed by atoms with E-state index in [1.807, 2.05) is 7.05 Å². The molecule has 12 heavy (non-hydrogen) atoms. The zero-order valence-corrected chi connectivity index (χ0v) is 8.40. The third-order valence-electron chi connectivity index (χ3n) is 2.53. The highest BCUT2D eigenvalue weighted by atomic mass is 14.8. The minimum absolute atomic E-state index is 1.08. The molecule has 0 spiro atoms. The molecule has 1 aliphatic carbocycles. The van der Waals surface area contributed by atoms with Crippen molar-refractivity contribution in [2.24, 2.45) is 5.92 Å². The van der Waals surface area contributed by atoms with Gasteiger partial charge in [-0.15, -0.1) is 0 Å². The minimum atomic E-state index is 1.08. The molecule has 0 amide bonds. The normalized spacial score (nSPS) is 18.3. The van der Waals surface area contributed by atoms with Gasteiger partial charge in [0.1, 0.15) is 0 Å². The van der Waals surface area contributed by atoms with E-state index in [2.05, 4.69) is 18.3 Å². The van der Waals surface area contributed by atoms with Crippen LogP contribution in [0.25, 0.3) is 0 Å². The highest BCUT2D eigenvalue weighted by molar-refractivity contribution is 4.99. The molecular weight excluding hydrogens is 146 g/mol. The van der Waals surface area contributed by atoms with E-state index in [1.54, 1.807) is 5.57 Å². The fourth-order valence-electron chi connectivity index (χ4n) is 1.40. The van der Waals surface area contributed by atoms with E-state index in [0.717, 1.165) is 12.5 Å². The Morgan fingerprint density at radius 1 is 1.50 bits per heavy atom. The molecule has 0 aromatic carbocycles. The van der Waals surface area contributed by atoms with E-state index in [9.17, 15) is 0 Å². The highest BCUT2D eigenvalue weighted by Gasteiger charge is 2.20. The molecule has 0 aromatic heterocycles. The molecule has 1 aliphatic rings. The molecule has 70 valence electrons. The Balaban J connectivity index is 1.99. The maximum atomic E-state index is 3.16. The van der Waals surface area contributed by atoms with Gasteiger partial charge in [0, 0.05) is 0 Å². The van der Waals surface area contributed by atoms with Crippen LogP contribution in [0.5, 0.6) is 0 Å². The first-order valence-electron chi connectivity index (χ1n) is 5.13. The Bertz CT molecular complexity index is 145. The molecule has 1 fully saturated rings. The van der Waals surface area contributed by atoms with Crippen LogP contribution in [-0.2, 0) is 0 Å². The van der Waals surface area contributed by atoms with Crippen molar-refractivity contribution in [3.63, 3.8) is 0 Å². The second kappa shape index (κ2) is 5.36. The lowest BCUT2D eigenvalue weighted by molar-refractivity contribution is 0.715. The van der Waals surface area contributed by atoms with E-state index in [-0.39, 0.29) is 0 Å². The van der Waals surface area contributed by atoms with E-state index >= 15 is 0 Å². The Kier molecular flexibility index (Phi) is 4.37. The molecule has 0 atom stereocenters. The molecule has 0 heterocycles. The van der Waals surface area contributed by atoms with Crippen LogP contribution in [0.4, 0.5) is 0 Å². The number of rotatable bonds is 6. The second-order valence-electron chi connectivity index (χ2n) is 3.92. The van der Waals surface area contributed by atoms with Crippen molar-refractivity contribution in [1.82, 2.24) is 5.32 Å². The van der Waals surface area contributed by atoms with Gasteiger partial charge in [-0.05, 0) is 45.7 Å². The number of nitrogens with one attached hydrogen (secondary N) is 1. The lowest BCUT2D eigenvalue weighted by atomic mass is 10.1. The monoisotopic (exact) mass is 167 g/mol. The van der Waals surface area contributed by atoms with Crippen molar-refractivity contribution < 1.29 is 0 Å². The summed E-state index contributed by atoms with van der Waals surface area (Å²) in [5.74, 6) is 1.08. The Labute approximate surface area is 76.2 Å². The van der Waals surface area contributed by atoms with Gasteiger partial charge < -0.3 is 5.32 Å². The summed E-state index contributed by atoms with van der Waals surface area (Å²) in [7, 11) is 2.01. The summed E-state index contributed by atoms with van der Waals surface area (Å²) in [6.45, 7) is 3.37. The van der Waals surface area contributed by atoms with Gasteiger partial charge in [-0.3, -0.25) is 0 Å². The van der Waals surface area contributed by atoms with E-state index < -0.39 is 0 Å². The summed E-state index contributed by atoms with van der Waals surface area (Å²) < 4.78 is 0. The lowest BCUT2D eigenvalue weighted by Crippen LogP contribution is -2.06. The van der Waals surface area contributed by atoms with Gasteiger partial charge in [-0.2, -0.15) is 0 Å². The maximum absolute atomic E-state index is 3.16. The van der Waals surface area contributed by atoms with Gasteiger partial charge in [0.25, 0.3) is 0 Å². The fourth-order valence-corrected chi connectivity index (χ4v) is 1.40. The lowest BCUT2D eigenvalue weighted by Gasteiger charge is -1.99. The van der Waals surface area contributed by atoms with E-state index in [4.69, 9.17) is 0 Å². The number of allylic oxidation sites excluding steroid dienone is 1. The van der Waals surface area contributed by atoms with Crippen LogP contribution in [0.15, 0.2) is 11.6 Å². The van der Waals surface area contributed by atoms with Crippen LogP contribution < -0.4 is 5.32 Å². The molecule has 1 nitrogen and oxygen atoms in total. The quantitative estimate of drug-likeness (QED) is 0.474. The minimum Gasteiger partial charge on any atom is -0.319 e. The van der Waals surface area contributed by atoms with Gasteiger partial charge in [0.05, 0.1) is 0 Å². The average Bonchev–Trinajstić information content (AvgIpc) is 2.84. The molecule has 1 heteroatoms. The second-order valence-corrected chi connectivity index (χ2v) is 3.92. The van der Waals surface area contributed by atoms with Crippen molar-refractivity contribution in [2.75, 3.05) is 13.6 Å². The molecule has 0 aliphatic heterocycles. The Morgan fingerprint density at radius 2 is 2.25 bits per heavy atom. The predicted octanol–water partition coefficient (Wildman–Crippen LogP) is 2.73. The zero-order chi connectivity index (χ0) is 8.81. The third kappa shape index (κ3) is 4.55. The van der Waals surface area contributed by atoms with Gasteiger partial charge >= 0.3 is 0 Å². The summed E-state index contributed by atoms with van der Waals surface area (Å²) in [6.07, 6.45) is 9.30. The van der Waals surface area contributed by atoms with Crippen molar-refractivity contribution >= 4 is 0 Å². The zero-order valence-electron chi connectivity index (χ0n) is 8.40. The molecule has 0 bridgehead atoms. The van der Waals surface area contributed by atoms with Gasteiger partial charge in [0.15, 0.2) is 0 Å². The third-order valence-corrected chi connectivity index (χ3v) is 2.53. The first-order valence-corrected chi connectivity index (χ1v) is 5.13. The number of hydrogen-bond acceptors (Lipinski definition) is 1. The summed E-state index contributed by atoms with van der Waals surface area (Å²) in [5.41, 5.74) is 1.58. The SMILES string of the molecule is CNCCC=C(C)CCC1CC1. The summed E-state index contributed by atoms with van der Waals surface area (Å²) in [4.78, 5) is 0. The Morgan fingerprint density at radius 3 is 2.83 bits per heavy atom. The van der Waals surface area contributed by atoms with Crippen molar-refractivity contribution in [3.8, 4) is 0 Å². The van der Waals surface area contributed by atoms with Gasteiger partial charge in [-0.25, -0.2) is 0 Å². The fraction of sp³-hybridized carbons (Fsp3) is 0.818. The molecule has 1 saturated carbocycles. The molecular formula is C11H21N. The summed E-state index contributed by atoms with van der Waals surface area (Å²) in [5, 5.41) is 3.16. The van der Waals surface area contributed by atoms with Crippen LogP contribution in [0.2, 0.25) is 0 Å². The molecule has 0 saturated heterocycles. The summed E-state index contributed by atoms with van der Waals surface area (Å²) in [6, 6.07) is 0. The molecule has 1 N–H and O–H groups in total. The molecule has 0 radical (unpaired) electrons. The van der Waals surface area contributed by atoms with Crippen molar-refractivity contribution in [3.05, 3.63) is 11.6 Å². The van der Waals surface area contributed by atoms with Crippen molar-refractivity contribution in [1.29, 1.82) is 0 Å². The van der Waals surface area contributed by atoms with E-state index in [1.165, 1.54) is 32.1 Å². The van der Waals surface area contributed by atoms with Gasteiger partial charge in [-0.1, -0.05) is 24.5 Å². The average molecular weight is 167 g/mol. The van der Waals surface area contributed by atoms with Crippen LogP contribution >= 0.6 is 0 Å². The van der Waals surface area contributed by atoms with Crippen molar-refractivity contribution in [2.45, 2.75) is 39.0 Å². The molecule has 1 rings (SSSR count). The molecule has 0 unspecified atom stereocenters. The first kappa shape index (κ1) is 9.79. The Hall–Kier alpha value is -0.300. The number of hydrogen-bond donors (Lipinski definition) is 1. The van der Waals surface area contributed by atoms with Crippen LogP contribution in [0.3, 0.4) is 0 Å². The topological polar surface area (TPSA) is 12.0 Å². The van der Waals surface area contributed by atoms with E-state index in [0.29, 0.717) is 0 Å². The maximum Gasteiger partial charge on any atom is -0.00172 e. The standard InChI is InChI=1S/C11H21N/c1-10(4-3-9-12-2)5-6-11-7-8-11/h4,11-12H,3,5-9H2,1-2H3. The van der Waals surface area contributed by atoms with Crippen LogP contribution in [0, 0.1) is 5.92 Å². The first-order chi connectivity index (χ1) is 5.83. The molecule has 0 aromatic rings. The largest absolute Gasteiger partial charge is 0.319 e. The predicted molar refractivity (Wildman–Crippen MR) is 54.3 cm³/mol. The summed E-state index contributed by atoms with van der Waals surface area (Å²) >= 11 is 0. The highest BCUT2D eigenvalue weighted by Crippen LogP contribution is 2.34. The van der Waals surface area contributed by atoms with Gasteiger partial charge in [0.2, 0.25) is 0 Å². The van der Waals surface area contributed by atoms with Crippen LogP contribution in [0.1, 0.15) is 39.0 Å². The smallest absolute Gasteiger partial charge is 0.00172 e. The van der Waals surface area contributed by atoms with Crippen LogP contribution in [-0.4, -0.2) is 13.6 Å².